The molecule has 0 spiro atoms. The standard InChI is InChI=1S/C30H41N3O11/c1-17-12-20(43-30-27(38)25(36)26(37)28(44-30)29(39)40)13-18(2)24(17)31-23(35)15-33-10-8-32(9-11-33)14-19(34)16-42-22-7-5-4-6-21(22)41-3/h4-7,12-13,19,25-28,30,34,36-38H,8-11,14-16H2,1-3H3,(H,31,35)(H,39,40)/t19?,25-,26-,27+,28-,30?/m0/s1. The van der Waals surface area contributed by atoms with Crippen LogP contribution in [0.25, 0.3) is 0 Å². The topological polar surface area (TPSA) is 191 Å². The fourth-order valence-electron chi connectivity index (χ4n) is 5.26. The number of ether oxygens (including phenoxy) is 4. The molecule has 44 heavy (non-hydrogen) atoms. The van der Waals surface area contributed by atoms with Crippen molar-refractivity contribution in [3.05, 3.63) is 47.5 Å². The van der Waals surface area contributed by atoms with E-state index in [1.165, 1.54) is 0 Å². The molecule has 2 saturated heterocycles. The van der Waals surface area contributed by atoms with Crippen LogP contribution in [-0.2, 0) is 14.3 Å². The van der Waals surface area contributed by atoms with Crippen molar-refractivity contribution in [2.24, 2.45) is 0 Å². The van der Waals surface area contributed by atoms with Gasteiger partial charge in [0, 0.05) is 38.4 Å². The number of hydrogen-bond acceptors (Lipinski definition) is 12. The Bertz CT molecular complexity index is 1260. The molecule has 14 nitrogen and oxygen atoms in total. The van der Waals surface area contributed by atoms with Crippen molar-refractivity contribution in [3.63, 3.8) is 0 Å². The molecule has 14 heteroatoms. The van der Waals surface area contributed by atoms with E-state index in [-0.39, 0.29) is 24.8 Å². The third kappa shape index (κ3) is 8.35. The minimum Gasteiger partial charge on any atom is -0.493 e. The van der Waals surface area contributed by atoms with E-state index in [0.717, 1.165) is 0 Å². The average molecular weight is 620 g/mol. The molecule has 6 atom stereocenters. The summed E-state index contributed by atoms with van der Waals surface area (Å²) in [5.74, 6) is -0.300. The van der Waals surface area contributed by atoms with Crippen LogP contribution in [0, 0.1) is 13.8 Å². The van der Waals surface area contributed by atoms with Gasteiger partial charge in [-0.05, 0) is 49.2 Å². The molecule has 242 valence electrons. The number of nitrogens with zero attached hydrogens (tertiary/aromatic N) is 2. The van der Waals surface area contributed by atoms with E-state index in [0.29, 0.717) is 61.0 Å². The lowest BCUT2D eigenvalue weighted by molar-refractivity contribution is -0.271. The van der Waals surface area contributed by atoms with Crippen LogP contribution >= 0.6 is 0 Å². The van der Waals surface area contributed by atoms with Crippen LogP contribution in [-0.4, -0.2) is 137 Å². The van der Waals surface area contributed by atoms with Gasteiger partial charge in [-0.25, -0.2) is 4.79 Å². The monoisotopic (exact) mass is 619 g/mol. The van der Waals surface area contributed by atoms with E-state index in [9.17, 15) is 35.1 Å². The molecule has 0 aromatic heterocycles. The fraction of sp³-hybridized carbons (Fsp3) is 0.533. The summed E-state index contributed by atoms with van der Waals surface area (Å²) in [5.41, 5.74) is 1.90. The summed E-state index contributed by atoms with van der Waals surface area (Å²) >= 11 is 0. The highest BCUT2D eigenvalue weighted by molar-refractivity contribution is 5.94. The normalized spacial score (nSPS) is 25.2. The van der Waals surface area contributed by atoms with Crippen LogP contribution in [0.5, 0.6) is 17.2 Å². The molecule has 2 heterocycles. The van der Waals surface area contributed by atoms with Crippen LogP contribution in [0.15, 0.2) is 36.4 Å². The zero-order valence-corrected chi connectivity index (χ0v) is 25.0. The number of methoxy groups -OCH3 is 1. The molecule has 2 aliphatic heterocycles. The van der Waals surface area contributed by atoms with Crippen LogP contribution in [0.2, 0.25) is 0 Å². The molecule has 0 saturated carbocycles. The van der Waals surface area contributed by atoms with Gasteiger partial charge in [0.25, 0.3) is 0 Å². The Balaban J connectivity index is 1.23. The van der Waals surface area contributed by atoms with Gasteiger partial charge in [-0.3, -0.25) is 14.6 Å². The van der Waals surface area contributed by atoms with E-state index in [1.807, 2.05) is 17.0 Å². The number of aliphatic carboxylic acids is 1. The molecule has 2 aromatic rings. The molecule has 4 rings (SSSR count). The summed E-state index contributed by atoms with van der Waals surface area (Å²) in [5, 5.41) is 52.8. The van der Waals surface area contributed by atoms with E-state index >= 15 is 0 Å². The largest absolute Gasteiger partial charge is 0.493 e. The average Bonchev–Trinajstić information content (AvgIpc) is 2.99. The number of anilines is 1. The third-order valence-electron chi connectivity index (χ3n) is 7.64. The number of benzene rings is 2. The highest BCUT2D eigenvalue weighted by Crippen LogP contribution is 2.30. The summed E-state index contributed by atoms with van der Waals surface area (Å²) in [7, 11) is 1.56. The van der Waals surface area contributed by atoms with Crippen molar-refractivity contribution in [2.75, 3.05) is 58.3 Å². The van der Waals surface area contributed by atoms with Crippen molar-refractivity contribution >= 4 is 17.6 Å². The maximum absolute atomic E-state index is 12.9. The quantitative estimate of drug-likeness (QED) is 0.180. The number of carbonyl (C=O) groups excluding carboxylic acids is 1. The molecular weight excluding hydrogens is 578 g/mol. The number of aliphatic hydroxyl groups is 4. The van der Waals surface area contributed by atoms with Gasteiger partial charge in [0.1, 0.15) is 36.8 Å². The maximum Gasteiger partial charge on any atom is 0.335 e. The minimum atomic E-state index is -1.82. The minimum absolute atomic E-state index is 0.133. The molecule has 1 amide bonds. The Morgan fingerprint density at radius 3 is 2.20 bits per heavy atom. The smallest absolute Gasteiger partial charge is 0.335 e. The summed E-state index contributed by atoms with van der Waals surface area (Å²) in [6, 6.07) is 10.4. The van der Waals surface area contributed by atoms with Crippen LogP contribution in [0.3, 0.4) is 0 Å². The number of aliphatic hydroxyl groups excluding tert-OH is 4. The first-order valence-corrected chi connectivity index (χ1v) is 14.4. The maximum atomic E-state index is 12.9. The van der Waals surface area contributed by atoms with E-state index in [2.05, 4.69) is 10.2 Å². The van der Waals surface area contributed by atoms with Crippen molar-refractivity contribution in [2.45, 2.75) is 50.7 Å². The van der Waals surface area contributed by atoms with Gasteiger partial charge in [-0.15, -0.1) is 0 Å². The number of piperazine rings is 1. The zero-order valence-electron chi connectivity index (χ0n) is 25.0. The second-order valence-corrected chi connectivity index (χ2v) is 11.0. The Labute approximate surface area is 255 Å². The highest BCUT2D eigenvalue weighted by Gasteiger charge is 2.48. The number of β-amino-alcohol motifs (C(OH)–C–C–N with tert-alkyl or cyclic N) is 1. The SMILES string of the molecule is COc1ccccc1OCC(O)CN1CCN(CC(=O)Nc2c(C)cc(OC3O[C@H](C(=O)O)[C@@H](O)[C@H](O)[C@H]3O)cc2C)CC1. The predicted molar refractivity (Wildman–Crippen MR) is 157 cm³/mol. The first-order chi connectivity index (χ1) is 21.0. The van der Waals surface area contributed by atoms with Crippen molar-refractivity contribution in [1.29, 1.82) is 0 Å². The number of nitrogens with one attached hydrogen (secondary N) is 1. The summed E-state index contributed by atoms with van der Waals surface area (Å²) in [4.78, 5) is 28.4. The number of carboxylic acids is 1. The summed E-state index contributed by atoms with van der Waals surface area (Å²) < 4.78 is 21.8. The zero-order chi connectivity index (χ0) is 32.0. The van der Waals surface area contributed by atoms with E-state index < -0.39 is 42.8 Å². The molecular formula is C30H41N3O11. The van der Waals surface area contributed by atoms with Gasteiger partial charge in [-0.1, -0.05) is 12.1 Å². The van der Waals surface area contributed by atoms with Gasteiger partial charge in [-0.2, -0.15) is 0 Å². The van der Waals surface area contributed by atoms with Gasteiger partial charge >= 0.3 is 5.97 Å². The second-order valence-electron chi connectivity index (χ2n) is 11.0. The fourth-order valence-corrected chi connectivity index (χ4v) is 5.26. The van der Waals surface area contributed by atoms with Gasteiger partial charge < -0.3 is 49.8 Å². The number of aryl methyl sites for hydroxylation is 2. The lowest BCUT2D eigenvalue weighted by Crippen LogP contribution is -2.61. The molecule has 0 bridgehead atoms. The van der Waals surface area contributed by atoms with Gasteiger partial charge in [0.05, 0.1) is 13.7 Å². The number of carbonyl (C=O) groups is 2. The predicted octanol–water partition coefficient (Wildman–Crippen LogP) is -0.421. The Hall–Kier alpha value is -3.50. The number of para-hydroxylation sites is 2. The van der Waals surface area contributed by atoms with E-state index in [1.54, 1.807) is 45.2 Å². The number of hydrogen-bond donors (Lipinski definition) is 6. The Morgan fingerprint density at radius 1 is 0.977 bits per heavy atom. The number of amides is 1. The first-order valence-electron chi connectivity index (χ1n) is 14.4. The van der Waals surface area contributed by atoms with Crippen molar-refractivity contribution in [1.82, 2.24) is 9.80 Å². The molecule has 0 aliphatic carbocycles. The Morgan fingerprint density at radius 2 is 1.59 bits per heavy atom. The Kier molecular flexibility index (Phi) is 11.4. The lowest BCUT2D eigenvalue weighted by atomic mass is 9.99. The number of carboxylic acid groups (broad SMARTS) is 1. The van der Waals surface area contributed by atoms with Crippen molar-refractivity contribution in [3.8, 4) is 17.2 Å². The second kappa shape index (κ2) is 15.0. The van der Waals surface area contributed by atoms with Crippen LogP contribution < -0.4 is 19.5 Å². The molecule has 2 unspecified atom stereocenters. The number of rotatable bonds is 12. The summed E-state index contributed by atoms with van der Waals surface area (Å²) in [6.45, 7) is 6.96. The molecule has 2 aromatic carbocycles. The first kappa shape index (κ1) is 33.4. The molecule has 2 fully saturated rings. The van der Waals surface area contributed by atoms with Gasteiger partial charge in [0.2, 0.25) is 12.2 Å². The molecule has 6 N–H and O–H groups in total. The molecule has 0 radical (unpaired) electrons. The van der Waals surface area contributed by atoms with Crippen LogP contribution in [0.4, 0.5) is 5.69 Å². The molecule has 2 aliphatic rings. The van der Waals surface area contributed by atoms with Crippen LogP contribution in [0.1, 0.15) is 11.1 Å². The highest BCUT2D eigenvalue weighted by atomic mass is 16.7. The van der Waals surface area contributed by atoms with Gasteiger partial charge in [0.15, 0.2) is 17.6 Å². The summed E-state index contributed by atoms with van der Waals surface area (Å²) in [6.07, 6.45) is -9.27. The third-order valence-corrected chi connectivity index (χ3v) is 7.64. The van der Waals surface area contributed by atoms with E-state index in [4.69, 9.17) is 18.9 Å². The lowest BCUT2D eigenvalue weighted by Gasteiger charge is -2.38. The van der Waals surface area contributed by atoms with Crippen molar-refractivity contribution < 1.29 is 54.1 Å².